The monoisotopic (exact) mass is 502 g/mol. The molecule has 0 spiro atoms. The maximum Gasteiger partial charge on any atom is 0.316 e. The molecule has 2 aromatic carbocycles. The summed E-state index contributed by atoms with van der Waals surface area (Å²) >= 11 is 0. The lowest BCUT2D eigenvalue weighted by Crippen LogP contribution is -2.31. The lowest BCUT2D eigenvalue weighted by Gasteiger charge is -2.20. The number of benzene rings is 2. The molecule has 0 unspecified atom stereocenters. The van der Waals surface area contributed by atoms with Crippen molar-refractivity contribution in [3.05, 3.63) is 59.7 Å². The minimum Gasteiger partial charge on any atom is -0.492 e. The Hall–Kier alpha value is -3.94. The average molecular weight is 503 g/mol. The summed E-state index contributed by atoms with van der Waals surface area (Å²) in [6.45, 7) is 6.30. The van der Waals surface area contributed by atoms with Crippen LogP contribution >= 0.6 is 0 Å². The highest BCUT2D eigenvalue weighted by Gasteiger charge is 2.49. The lowest BCUT2D eigenvalue weighted by atomic mass is 9.82. The van der Waals surface area contributed by atoms with Gasteiger partial charge in [0.1, 0.15) is 11.5 Å². The third kappa shape index (κ3) is 4.52. The number of para-hydroxylation sites is 2. The topological polar surface area (TPSA) is 93.2 Å². The smallest absolute Gasteiger partial charge is 0.316 e. The number of carbonyl (C=O) groups is 4. The Balaban J connectivity index is 1.28. The largest absolute Gasteiger partial charge is 0.492 e. The predicted octanol–water partition coefficient (Wildman–Crippen LogP) is 4.20. The second-order valence-electron chi connectivity index (χ2n) is 9.89. The molecule has 8 nitrogen and oxygen atoms in total. The van der Waals surface area contributed by atoms with Gasteiger partial charge in [-0.25, -0.2) is 4.90 Å². The Morgan fingerprint density at radius 2 is 1.73 bits per heavy atom. The van der Waals surface area contributed by atoms with Gasteiger partial charge in [0.25, 0.3) is 0 Å². The van der Waals surface area contributed by atoms with Gasteiger partial charge in [-0.15, -0.1) is 0 Å². The number of amides is 3. The standard InChI is InChI=1S/C29H30N2O6/c1-4-36-25-8-6-5-7-24(25)30-16-19(15-26(30)32)29(35)37-20-10-12-23(18(3)14-20)31-27(33)21-11-9-17(2)13-22(21)28(31)34/h5-10,12,14,19,21-22H,4,11,13,15-16H2,1-3H3/t19-,21-,22+/m1/s1. The zero-order valence-electron chi connectivity index (χ0n) is 21.2. The van der Waals surface area contributed by atoms with Crippen molar-refractivity contribution in [1.29, 1.82) is 0 Å². The van der Waals surface area contributed by atoms with E-state index in [0.717, 1.165) is 5.57 Å². The molecule has 2 heterocycles. The first-order valence-electron chi connectivity index (χ1n) is 12.7. The highest BCUT2D eigenvalue weighted by Crippen LogP contribution is 2.41. The number of anilines is 2. The third-order valence-electron chi connectivity index (χ3n) is 7.36. The number of esters is 1. The van der Waals surface area contributed by atoms with Crippen LogP contribution in [0.3, 0.4) is 0 Å². The van der Waals surface area contributed by atoms with Gasteiger partial charge in [0.05, 0.1) is 35.7 Å². The van der Waals surface area contributed by atoms with E-state index in [2.05, 4.69) is 0 Å². The average Bonchev–Trinajstić information content (AvgIpc) is 3.37. The van der Waals surface area contributed by atoms with Gasteiger partial charge in [-0.05, 0) is 69.5 Å². The molecule has 37 heavy (non-hydrogen) atoms. The molecule has 1 aliphatic carbocycles. The lowest BCUT2D eigenvalue weighted by molar-refractivity contribution is -0.139. The molecule has 0 N–H and O–H groups in total. The van der Waals surface area contributed by atoms with Gasteiger partial charge in [0, 0.05) is 13.0 Å². The number of hydrogen-bond acceptors (Lipinski definition) is 6. The molecule has 2 fully saturated rings. The fourth-order valence-corrected chi connectivity index (χ4v) is 5.47. The van der Waals surface area contributed by atoms with Gasteiger partial charge in [0.2, 0.25) is 17.7 Å². The Morgan fingerprint density at radius 3 is 2.49 bits per heavy atom. The summed E-state index contributed by atoms with van der Waals surface area (Å²) in [5.74, 6) is -1.38. The van der Waals surface area contributed by atoms with Crippen molar-refractivity contribution in [3.8, 4) is 11.5 Å². The van der Waals surface area contributed by atoms with Crippen LogP contribution in [0, 0.1) is 24.7 Å². The highest BCUT2D eigenvalue weighted by atomic mass is 16.5. The van der Waals surface area contributed by atoms with Gasteiger partial charge >= 0.3 is 5.97 Å². The summed E-state index contributed by atoms with van der Waals surface area (Å²) in [6, 6.07) is 12.1. The maximum atomic E-state index is 13.1. The molecule has 0 radical (unpaired) electrons. The summed E-state index contributed by atoms with van der Waals surface area (Å²) in [5, 5.41) is 0. The molecule has 8 heteroatoms. The second kappa shape index (κ2) is 9.84. The molecule has 3 amide bonds. The minimum absolute atomic E-state index is 0.0450. The second-order valence-corrected chi connectivity index (χ2v) is 9.89. The quantitative estimate of drug-likeness (QED) is 0.254. The Kier molecular flexibility index (Phi) is 6.58. The number of allylic oxidation sites excluding steroid dienone is 2. The molecule has 0 saturated carbocycles. The van der Waals surface area contributed by atoms with Gasteiger partial charge in [-0.3, -0.25) is 19.2 Å². The molecule has 3 aliphatic rings. The SMILES string of the molecule is CCOc1ccccc1N1C[C@H](C(=O)Oc2ccc(N3C(=O)[C@H]4CC(C)=CC[C@H]4C3=O)c(C)c2)CC1=O. The molecule has 0 aromatic heterocycles. The van der Waals surface area contributed by atoms with Crippen LogP contribution in [-0.2, 0) is 19.2 Å². The van der Waals surface area contributed by atoms with Crippen LogP contribution in [-0.4, -0.2) is 36.8 Å². The molecule has 0 bridgehead atoms. The molecule has 5 rings (SSSR count). The van der Waals surface area contributed by atoms with Gasteiger partial charge < -0.3 is 14.4 Å². The fraction of sp³-hybridized carbons (Fsp3) is 0.379. The zero-order chi connectivity index (χ0) is 26.3. The van der Waals surface area contributed by atoms with E-state index >= 15 is 0 Å². The van der Waals surface area contributed by atoms with E-state index < -0.39 is 11.9 Å². The maximum absolute atomic E-state index is 13.1. The Labute approximate surface area is 215 Å². The molecule has 192 valence electrons. The van der Waals surface area contributed by atoms with Crippen LogP contribution in [0.2, 0.25) is 0 Å². The molecule has 2 saturated heterocycles. The summed E-state index contributed by atoms with van der Waals surface area (Å²) in [5.41, 5.74) is 2.94. The number of fused-ring (bicyclic) bond motifs is 1. The van der Waals surface area contributed by atoms with E-state index in [0.29, 0.717) is 47.9 Å². The van der Waals surface area contributed by atoms with Crippen molar-refractivity contribution >= 4 is 35.1 Å². The summed E-state index contributed by atoms with van der Waals surface area (Å²) < 4.78 is 11.3. The number of nitrogens with zero attached hydrogens (tertiary/aromatic N) is 2. The molecular weight excluding hydrogens is 472 g/mol. The van der Waals surface area contributed by atoms with Gasteiger partial charge in [-0.2, -0.15) is 0 Å². The van der Waals surface area contributed by atoms with Crippen molar-refractivity contribution in [3.63, 3.8) is 0 Å². The summed E-state index contributed by atoms with van der Waals surface area (Å²) in [6.07, 6.45) is 3.27. The van der Waals surface area contributed by atoms with Crippen molar-refractivity contribution in [2.45, 2.75) is 40.0 Å². The van der Waals surface area contributed by atoms with E-state index in [9.17, 15) is 19.2 Å². The van der Waals surface area contributed by atoms with Crippen LogP contribution in [0.4, 0.5) is 11.4 Å². The number of aryl methyl sites for hydroxylation is 1. The van der Waals surface area contributed by atoms with Crippen LogP contribution in [0.5, 0.6) is 11.5 Å². The Morgan fingerprint density at radius 1 is 0.973 bits per heavy atom. The van der Waals surface area contributed by atoms with Crippen LogP contribution in [0.15, 0.2) is 54.1 Å². The normalized spacial score (nSPS) is 23.3. The van der Waals surface area contributed by atoms with E-state index in [-0.39, 0.29) is 42.5 Å². The first-order valence-corrected chi connectivity index (χ1v) is 12.7. The number of ether oxygens (including phenoxy) is 2. The van der Waals surface area contributed by atoms with Crippen LogP contribution in [0.25, 0.3) is 0 Å². The molecule has 2 aliphatic heterocycles. The van der Waals surface area contributed by atoms with Crippen LogP contribution < -0.4 is 19.3 Å². The third-order valence-corrected chi connectivity index (χ3v) is 7.36. The van der Waals surface area contributed by atoms with Gasteiger partial charge in [-0.1, -0.05) is 23.8 Å². The fourth-order valence-electron chi connectivity index (χ4n) is 5.47. The molecule has 3 atom stereocenters. The molecular formula is C29H30N2O6. The van der Waals surface area contributed by atoms with E-state index in [1.807, 2.05) is 32.1 Å². The van der Waals surface area contributed by atoms with Crippen molar-refractivity contribution in [2.24, 2.45) is 17.8 Å². The van der Waals surface area contributed by atoms with E-state index in [1.165, 1.54) is 4.90 Å². The van der Waals surface area contributed by atoms with Crippen molar-refractivity contribution in [1.82, 2.24) is 0 Å². The summed E-state index contributed by atoms with van der Waals surface area (Å²) in [4.78, 5) is 54.6. The molecule has 2 aromatic rings. The minimum atomic E-state index is -0.622. The number of carbonyl (C=O) groups excluding carboxylic acids is 4. The number of hydrogen-bond donors (Lipinski definition) is 0. The van der Waals surface area contributed by atoms with Crippen molar-refractivity contribution in [2.75, 3.05) is 23.0 Å². The summed E-state index contributed by atoms with van der Waals surface area (Å²) in [7, 11) is 0. The predicted molar refractivity (Wildman–Crippen MR) is 137 cm³/mol. The van der Waals surface area contributed by atoms with Crippen molar-refractivity contribution < 1.29 is 28.7 Å². The Bertz CT molecular complexity index is 1320. The van der Waals surface area contributed by atoms with E-state index in [1.54, 1.807) is 42.2 Å². The van der Waals surface area contributed by atoms with Gasteiger partial charge in [0.15, 0.2) is 0 Å². The van der Waals surface area contributed by atoms with E-state index in [4.69, 9.17) is 9.47 Å². The van der Waals surface area contributed by atoms with Crippen LogP contribution in [0.1, 0.15) is 38.7 Å². The first kappa shape index (κ1) is 24.7. The number of rotatable bonds is 6. The zero-order valence-corrected chi connectivity index (χ0v) is 21.2. The first-order chi connectivity index (χ1) is 17.8. The number of imide groups is 1. The highest BCUT2D eigenvalue weighted by molar-refractivity contribution is 6.22.